The minimum atomic E-state index is -1.01. The highest BCUT2D eigenvalue weighted by Gasteiger charge is 2.29. The largest absolute Gasteiger partial charge is 0.396 e. The number of aliphatic hydroxyl groups is 2. The van der Waals surface area contributed by atoms with Gasteiger partial charge in [-0.1, -0.05) is 61.8 Å². The van der Waals surface area contributed by atoms with Crippen LogP contribution in [0.2, 0.25) is 5.02 Å². The Kier molecular flexibility index (Phi) is 17.2. The lowest BCUT2D eigenvalue weighted by Gasteiger charge is -2.39. The quantitative estimate of drug-likeness (QED) is 0.273. The summed E-state index contributed by atoms with van der Waals surface area (Å²) in [5.74, 6) is -0.178. The summed E-state index contributed by atoms with van der Waals surface area (Å²) in [6.45, 7) is 9.84. The summed E-state index contributed by atoms with van der Waals surface area (Å²) in [4.78, 5) is 4.53. The molecule has 40 heavy (non-hydrogen) atoms. The molecule has 1 aliphatic heterocycles. The van der Waals surface area contributed by atoms with Gasteiger partial charge in [-0.05, 0) is 73.5 Å². The van der Waals surface area contributed by atoms with Crippen LogP contribution >= 0.6 is 24.2 Å². The van der Waals surface area contributed by atoms with E-state index in [0.29, 0.717) is 12.1 Å². The third-order valence-electron chi connectivity index (χ3n) is 6.23. The van der Waals surface area contributed by atoms with Crippen LogP contribution in [0.15, 0.2) is 72.8 Å². The van der Waals surface area contributed by atoms with E-state index in [1.165, 1.54) is 12.1 Å². The molecule has 0 aliphatic carbocycles. The standard InChI is InChI=1S/C23H28ClN3O2.C6H5F.C2H6.CH4S/c1-23(29,20-6-2-4-19(14-20)16-25)17-26-9-11-27(12-10-26)22-8-7-18(5-3-13-28)15-21(22)24;7-6-4-2-1-3-5-6;2*1-2/h2,4,6-8,14-15,28-29H,3,5,9-13,17H2,1H3;1-5H;1-2H3;2H,1H3. The van der Waals surface area contributed by atoms with Crippen LogP contribution in [0, 0.1) is 17.1 Å². The zero-order chi connectivity index (χ0) is 30.0. The van der Waals surface area contributed by atoms with Crippen molar-refractivity contribution in [2.45, 2.75) is 39.2 Å². The maximum Gasteiger partial charge on any atom is 0.123 e. The molecule has 0 radical (unpaired) electrons. The number of benzene rings is 3. The van der Waals surface area contributed by atoms with Gasteiger partial charge in [0.25, 0.3) is 0 Å². The van der Waals surface area contributed by atoms with Gasteiger partial charge in [-0.3, -0.25) is 4.90 Å². The Morgan fingerprint density at radius 2 is 1.62 bits per heavy atom. The van der Waals surface area contributed by atoms with Crippen LogP contribution in [0.5, 0.6) is 0 Å². The van der Waals surface area contributed by atoms with Crippen LogP contribution in [-0.4, -0.2) is 60.7 Å². The molecule has 3 aromatic rings. The SMILES string of the molecule is CC.CC(O)(CN1CCN(c2ccc(CCCO)cc2Cl)CC1)c1cccc(C#N)c1.CS.Fc1ccccc1. The minimum Gasteiger partial charge on any atom is -0.396 e. The number of nitrogens with zero attached hydrogens (tertiary/aromatic N) is 3. The van der Waals surface area contributed by atoms with E-state index in [9.17, 15) is 9.50 Å². The monoisotopic (exact) mass is 587 g/mol. The van der Waals surface area contributed by atoms with Crippen LogP contribution in [0.25, 0.3) is 0 Å². The first kappa shape index (κ1) is 35.4. The van der Waals surface area contributed by atoms with Crippen LogP contribution < -0.4 is 4.90 Å². The van der Waals surface area contributed by atoms with Crippen molar-refractivity contribution >= 4 is 29.9 Å². The Hall–Kier alpha value is -2.60. The molecule has 1 aliphatic rings. The highest BCUT2D eigenvalue weighted by atomic mass is 35.5. The van der Waals surface area contributed by atoms with E-state index in [0.717, 1.165) is 60.9 Å². The number of aliphatic hydroxyl groups excluding tert-OH is 1. The molecule has 1 fully saturated rings. The number of rotatable bonds is 7. The number of nitriles is 1. The number of hydrogen-bond acceptors (Lipinski definition) is 6. The first-order valence-electron chi connectivity index (χ1n) is 13.6. The van der Waals surface area contributed by atoms with Crippen LogP contribution in [0.3, 0.4) is 0 Å². The second kappa shape index (κ2) is 19.5. The van der Waals surface area contributed by atoms with Gasteiger partial charge in [-0.25, -0.2) is 4.39 Å². The number of halogens is 2. The van der Waals surface area contributed by atoms with Crippen molar-refractivity contribution in [1.29, 1.82) is 5.26 Å². The van der Waals surface area contributed by atoms with E-state index in [1.807, 2.05) is 32.0 Å². The predicted molar refractivity (Wildman–Crippen MR) is 169 cm³/mol. The molecule has 1 heterocycles. The zero-order valence-corrected chi connectivity index (χ0v) is 25.7. The fraction of sp³-hybridized carbons (Fsp3) is 0.406. The maximum absolute atomic E-state index is 11.9. The van der Waals surface area contributed by atoms with E-state index in [1.54, 1.807) is 43.5 Å². The molecule has 0 saturated carbocycles. The molecule has 0 aromatic heterocycles. The van der Waals surface area contributed by atoms with Gasteiger partial charge in [0, 0.05) is 39.3 Å². The van der Waals surface area contributed by atoms with Crippen LogP contribution in [0.1, 0.15) is 43.9 Å². The van der Waals surface area contributed by atoms with E-state index in [4.69, 9.17) is 22.0 Å². The summed E-state index contributed by atoms with van der Waals surface area (Å²) < 4.78 is 11.9. The fourth-order valence-electron chi connectivity index (χ4n) is 4.26. The van der Waals surface area contributed by atoms with Gasteiger partial charge in [0.15, 0.2) is 0 Å². The number of thiol groups is 1. The zero-order valence-electron chi connectivity index (χ0n) is 24.0. The molecular formula is C32H43ClFN3O2S. The van der Waals surface area contributed by atoms with Crippen molar-refractivity contribution in [1.82, 2.24) is 4.90 Å². The Bertz CT molecular complexity index is 1150. The van der Waals surface area contributed by atoms with E-state index in [2.05, 4.69) is 40.6 Å². The van der Waals surface area contributed by atoms with Gasteiger partial charge < -0.3 is 15.1 Å². The molecule has 2 N–H and O–H groups in total. The molecule has 0 amide bonds. The van der Waals surface area contributed by atoms with Crippen molar-refractivity contribution in [2.75, 3.05) is 50.5 Å². The molecule has 1 saturated heterocycles. The van der Waals surface area contributed by atoms with Crippen molar-refractivity contribution in [3.63, 3.8) is 0 Å². The molecule has 3 aromatic carbocycles. The molecule has 1 unspecified atom stereocenters. The van der Waals surface area contributed by atoms with Crippen LogP contribution in [-0.2, 0) is 12.0 Å². The van der Waals surface area contributed by atoms with Crippen molar-refractivity contribution in [3.8, 4) is 6.07 Å². The lowest BCUT2D eigenvalue weighted by molar-refractivity contribution is 0.0143. The van der Waals surface area contributed by atoms with E-state index >= 15 is 0 Å². The molecule has 0 spiro atoms. The van der Waals surface area contributed by atoms with Gasteiger partial charge in [0.1, 0.15) is 5.82 Å². The molecular weight excluding hydrogens is 545 g/mol. The summed E-state index contributed by atoms with van der Waals surface area (Å²) in [5.41, 5.74) is 2.49. The Balaban J connectivity index is 0.000000617. The van der Waals surface area contributed by atoms with Gasteiger partial charge in [-0.15, -0.1) is 0 Å². The summed E-state index contributed by atoms with van der Waals surface area (Å²) in [6, 6.07) is 23.4. The Labute approximate surface area is 250 Å². The first-order valence-corrected chi connectivity index (χ1v) is 14.8. The number of aryl methyl sites for hydroxylation is 1. The lowest BCUT2D eigenvalue weighted by Crippen LogP contribution is -2.50. The third-order valence-corrected chi connectivity index (χ3v) is 6.53. The minimum absolute atomic E-state index is 0.178. The fourth-order valence-corrected chi connectivity index (χ4v) is 4.58. The number of hydrogen-bond donors (Lipinski definition) is 3. The average molecular weight is 588 g/mol. The average Bonchev–Trinajstić information content (AvgIpc) is 2.99. The molecule has 8 heteroatoms. The topological polar surface area (TPSA) is 70.7 Å². The molecule has 1 atom stereocenters. The highest BCUT2D eigenvalue weighted by molar-refractivity contribution is 7.79. The smallest absolute Gasteiger partial charge is 0.123 e. The first-order chi connectivity index (χ1) is 19.3. The second-order valence-corrected chi connectivity index (χ2v) is 9.55. The summed E-state index contributed by atoms with van der Waals surface area (Å²) in [7, 11) is 0. The summed E-state index contributed by atoms with van der Waals surface area (Å²) in [5, 5.41) is 29.8. The number of piperazine rings is 1. The lowest BCUT2D eigenvalue weighted by atomic mass is 9.93. The second-order valence-electron chi connectivity index (χ2n) is 9.14. The van der Waals surface area contributed by atoms with E-state index in [-0.39, 0.29) is 12.4 Å². The maximum atomic E-state index is 11.9. The number of β-amino-alcohol motifs (C(OH)–C–C–N with tert-alkyl or cyclic N) is 1. The Morgan fingerprint density at radius 3 is 2.15 bits per heavy atom. The highest BCUT2D eigenvalue weighted by Crippen LogP contribution is 2.29. The third kappa shape index (κ3) is 11.9. The molecule has 0 bridgehead atoms. The van der Waals surface area contributed by atoms with Gasteiger partial charge in [-0.2, -0.15) is 17.9 Å². The Morgan fingerprint density at radius 1 is 0.975 bits per heavy atom. The van der Waals surface area contributed by atoms with Crippen molar-refractivity contribution < 1.29 is 14.6 Å². The predicted octanol–water partition coefficient (Wildman–Crippen LogP) is 6.56. The summed E-state index contributed by atoms with van der Waals surface area (Å²) >= 11 is 10.0. The molecule has 218 valence electrons. The van der Waals surface area contributed by atoms with Gasteiger partial charge in [0.2, 0.25) is 0 Å². The van der Waals surface area contributed by atoms with E-state index < -0.39 is 5.60 Å². The summed E-state index contributed by atoms with van der Waals surface area (Å²) in [6.07, 6.45) is 3.26. The van der Waals surface area contributed by atoms with Gasteiger partial charge in [0.05, 0.1) is 27.9 Å². The van der Waals surface area contributed by atoms with Crippen LogP contribution in [0.4, 0.5) is 10.1 Å². The van der Waals surface area contributed by atoms with Crippen molar-refractivity contribution in [3.05, 3.63) is 100 Å². The van der Waals surface area contributed by atoms with Gasteiger partial charge >= 0.3 is 0 Å². The molecule has 4 rings (SSSR count). The number of anilines is 1. The normalized spacial score (nSPS) is 14.2. The van der Waals surface area contributed by atoms with Crippen molar-refractivity contribution in [2.24, 2.45) is 0 Å². The molecule has 5 nitrogen and oxygen atoms in total.